The third-order valence-corrected chi connectivity index (χ3v) is 2.59. The van der Waals surface area contributed by atoms with Gasteiger partial charge in [0, 0.05) is 12.1 Å². The first-order valence-electron chi connectivity index (χ1n) is 5.47. The Morgan fingerprint density at radius 1 is 1.53 bits per heavy atom. The maximum Gasteiger partial charge on any atom is 0.419 e. The van der Waals surface area contributed by atoms with E-state index in [0.29, 0.717) is 17.7 Å². The van der Waals surface area contributed by atoms with Gasteiger partial charge in [0.1, 0.15) is 0 Å². The van der Waals surface area contributed by atoms with E-state index in [-0.39, 0.29) is 11.5 Å². The summed E-state index contributed by atoms with van der Waals surface area (Å²) in [5.74, 6) is -0.567. The third-order valence-electron chi connectivity index (χ3n) is 2.59. The summed E-state index contributed by atoms with van der Waals surface area (Å²) in [6.07, 6.45) is 2.09. The lowest BCUT2D eigenvalue weighted by Crippen LogP contribution is -2.13. The molecule has 0 unspecified atom stereocenters. The summed E-state index contributed by atoms with van der Waals surface area (Å²) in [6, 6.07) is 4.98. The van der Waals surface area contributed by atoms with Gasteiger partial charge in [0.25, 0.3) is 0 Å². The number of oxazole rings is 1. The van der Waals surface area contributed by atoms with E-state index < -0.39 is 0 Å². The van der Waals surface area contributed by atoms with E-state index in [1.54, 1.807) is 22.8 Å². The lowest BCUT2D eigenvalue weighted by molar-refractivity contribution is 0.104. The number of carbonyl (C=O) groups excluding carboxylic acids is 1. The van der Waals surface area contributed by atoms with E-state index >= 15 is 0 Å². The van der Waals surface area contributed by atoms with Gasteiger partial charge in [-0.25, -0.2) is 4.79 Å². The van der Waals surface area contributed by atoms with Crippen LogP contribution in [0.5, 0.6) is 0 Å². The summed E-state index contributed by atoms with van der Waals surface area (Å²) in [4.78, 5) is 23.0. The molecular formula is C13H13NO3. The average Bonchev–Trinajstić information content (AvgIpc) is 2.64. The standard InChI is InChI=1S/C13H13NO3/c1-3-7-14-10-6-5-9(11(15)4-2)8-12(10)17-13(14)16/h4-6,8H,2-3,7H2,1H3. The number of nitrogens with zero attached hydrogens (tertiary/aromatic N) is 1. The van der Waals surface area contributed by atoms with Crippen molar-refractivity contribution in [3.05, 3.63) is 47.0 Å². The van der Waals surface area contributed by atoms with Crippen LogP contribution in [0.3, 0.4) is 0 Å². The molecule has 0 aliphatic carbocycles. The SMILES string of the molecule is C=CC(=O)c1ccc2c(c1)oc(=O)n2CCC. The van der Waals surface area contributed by atoms with Gasteiger partial charge in [0.05, 0.1) is 5.52 Å². The molecule has 0 spiro atoms. The Balaban J connectivity index is 2.61. The van der Waals surface area contributed by atoms with Crippen LogP contribution in [0.25, 0.3) is 11.1 Å². The minimum atomic E-state index is -0.384. The first-order chi connectivity index (χ1) is 8.17. The molecule has 1 aromatic carbocycles. The summed E-state index contributed by atoms with van der Waals surface area (Å²) >= 11 is 0. The minimum Gasteiger partial charge on any atom is -0.408 e. The second-order valence-electron chi connectivity index (χ2n) is 3.77. The number of aromatic nitrogens is 1. The number of ketones is 1. The molecule has 0 aliphatic heterocycles. The highest BCUT2D eigenvalue weighted by atomic mass is 16.4. The van der Waals surface area contributed by atoms with Crippen LogP contribution in [-0.2, 0) is 6.54 Å². The Morgan fingerprint density at radius 3 is 2.94 bits per heavy atom. The van der Waals surface area contributed by atoms with Crippen LogP contribution in [0, 0.1) is 0 Å². The van der Waals surface area contributed by atoms with Gasteiger partial charge in [0.2, 0.25) is 0 Å². The number of allylic oxidation sites excluding steroid dienone is 1. The van der Waals surface area contributed by atoms with Crippen molar-refractivity contribution in [2.75, 3.05) is 0 Å². The first-order valence-corrected chi connectivity index (χ1v) is 5.47. The topological polar surface area (TPSA) is 52.2 Å². The lowest BCUT2D eigenvalue weighted by Gasteiger charge is -1.99. The zero-order chi connectivity index (χ0) is 12.4. The van der Waals surface area contributed by atoms with Crippen molar-refractivity contribution >= 4 is 16.9 Å². The number of fused-ring (bicyclic) bond motifs is 1. The average molecular weight is 231 g/mol. The van der Waals surface area contributed by atoms with E-state index in [1.165, 1.54) is 6.08 Å². The van der Waals surface area contributed by atoms with Gasteiger partial charge in [-0.2, -0.15) is 0 Å². The molecule has 2 aromatic rings. The summed E-state index contributed by atoms with van der Waals surface area (Å²) in [7, 11) is 0. The molecule has 1 aromatic heterocycles. The highest BCUT2D eigenvalue weighted by molar-refractivity contribution is 6.05. The monoisotopic (exact) mass is 231 g/mol. The molecule has 0 saturated carbocycles. The molecule has 0 amide bonds. The van der Waals surface area contributed by atoms with Gasteiger partial charge in [-0.1, -0.05) is 13.5 Å². The fourth-order valence-corrected chi connectivity index (χ4v) is 1.77. The fourth-order valence-electron chi connectivity index (χ4n) is 1.77. The van der Waals surface area contributed by atoms with Crippen LogP contribution in [0.1, 0.15) is 23.7 Å². The number of aryl methyl sites for hydroxylation is 1. The third kappa shape index (κ3) is 1.93. The largest absolute Gasteiger partial charge is 0.419 e. The quantitative estimate of drug-likeness (QED) is 0.599. The van der Waals surface area contributed by atoms with Crippen molar-refractivity contribution in [3.8, 4) is 0 Å². The van der Waals surface area contributed by atoms with E-state index in [0.717, 1.165) is 11.9 Å². The lowest BCUT2D eigenvalue weighted by atomic mass is 10.1. The predicted molar refractivity (Wildman–Crippen MR) is 65.3 cm³/mol. The summed E-state index contributed by atoms with van der Waals surface area (Å²) in [6.45, 7) is 6.02. The molecule has 2 rings (SSSR count). The van der Waals surface area contributed by atoms with Crippen LogP contribution in [0.15, 0.2) is 40.1 Å². The Labute approximate surface area is 98.2 Å². The molecule has 0 aliphatic rings. The van der Waals surface area contributed by atoms with E-state index in [4.69, 9.17) is 4.42 Å². The number of hydrogen-bond acceptors (Lipinski definition) is 3. The second-order valence-corrected chi connectivity index (χ2v) is 3.77. The van der Waals surface area contributed by atoms with Gasteiger partial charge in [-0.3, -0.25) is 9.36 Å². The van der Waals surface area contributed by atoms with E-state index in [1.807, 2.05) is 6.92 Å². The summed E-state index contributed by atoms with van der Waals surface area (Å²) < 4.78 is 6.67. The fraction of sp³-hybridized carbons (Fsp3) is 0.231. The molecule has 0 radical (unpaired) electrons. The summed E-state index contributed by atoms with van der Waals surface area (Å²) in [5.41, 5.74) is 1.64. The summed E-state index contributed by atoms with van der Waals surface area (Å²) in [5, 5.41) is 0. The smallest absolute Gasteiger partial charge is 0.408 e. The number of carbonyl (C=O) groups is 1. The van der Waals surface area contributed by atoms with Crippen molar-refractivity contribution in [2.24, 2.45) is 0 Å². The van der Waals surface area contributed by atoms with Crippen molar-refractivity contribution in [1.82, 2.24) is 4.57 Å². The number of rotatable bonds is 4. The van der Waals surface area contributed by atoms with Crippen LogP contribution in [0.2, 0.25) is 0 Å². The van der Waals surface area contributed by atoms with Gasteiger partial charge >= 0.3 is 5.76 Å². The molecule has 0 N–H and O–H groups in total. The highest BCUT2D eigenvalue weighted by Gasteiger charge is 2.10. The van der Waals surface area contributed by atoms with Crippen LogP contribution in [-0.4, -0.2) is 10.4 Å². The van der Waals surface area contributed by atoms with Crippen molar-refractivity contribution in [2.45, 2.75) is 19.9 Å². The molecule has 0 atom stereocenters. The molecule has 88 valence electrons. The number of hydrogen-bond donors (Lipinski definition) is 0. The van der Waals surface area contributed by atoms with Crippen LogP contribution in [0.4, 0.5) is 0 Å². The predicted octanol–water partition coefficient (Wildman–Crippen LogP) is 2.37. The Hall–Kier alpha value is -2.10. The van der Waals surface area contributed by atoms with Crippen molar-refractivity contribution in [3.63, 3.8) is 0 Å². The van der Waals surface area contributed by atoms with E-state index in [9.17, 15) is 9.59 Å². The van der Waals surface area contributed by atoms with Gasteiger partial charge in [-0.05, 0) is 30.7 Å². The Morgan fingerprint density at radius 2 is 2.29 bits per heavy atom. The Kier molecular flexibility index (Phi) is 2.95. The van der Waals surface area contributed by atoms with Gasteiger partial charge < -0.3 is 4.42 Å². The van der Waals surface area contributed by atoms with Crippen molar-refractivity contribution < 1.29 is 9.21 Å². The first kappa shape index (κ1) is 11.4. The van der Waals surface area contributed by atoms with Gasteiger partial charge in [-0.15, -0.1) is 0 Å². The maximum atomic E-state index is 11.6. The molecular weight excluding hydrogens is 218 g/mol. The molecule has 1 heterocycles. The minimum absolute atomic E-state index is 0.183. The van der Waals surface area contributed by atoms with Crippen LogP contribution < -0.4 is 5.76 Å². The van der Waals surface area contributed by atoms with Crippen molar-refractivity contribution in [1.29, 1.82) is 0 Å². The van der Waals surface area contributed by atoms with Crippen LogP contribution >= 0.6 is 0 Å². The maximum absolute atomic E-state index is 11.6. The molecule has 4 nitrogen and oxygen atoms in total. The number of benzene rings is 1. The molecule has 0 fully saturated rings. The zero-order valence-electron chi connectivity index (χ0n) is 9.60. The molecule has 0 bridgehead atoms. The highest BCUT2D eigenvalue weighted by Crippen LogP contribution is 2.16. The molecule has 17 heavy (non-hydrogen) atoms. The molecule has 0 saturated heterocycles. The second kappa shape index (κ2) is 4.41. The molecule has 4 heteroatoms. The normalized spacial score (nSPS) is 10.6. The zero-order valence-corrected chi connectivity index (χ0v) is 9.60. The van der Waals surface area contributed by atoms with E-state index in [2.05, 4.69) is 6.58 Å². The Bertz CT molecular complexity index is 634. The van der Waals surface area contributed by atoms with Gasteiger partial charge in [0.15, 0.2) is 11.4 Å².